The van der Waals surface area contributed by atoms with Gasteiger partial charge in [-0.3, -0.25) is 0 Å². The van der Waals surface area contributed by atoms with Gasteiger partial charge in [-0.1, -0.05) is 38.1 Å². The lowest BCUT2D eigenvalue weighted by atomic mass is 9.85. The van der Waals surface area contributed by atoms with Crippen molar-refractivity contribution in [1.29, 1.82) is 0 Å². The number of aromatic nitrogens is 1. The summed E-state index contributed by atoms with van der Waals surface area (Å²) in [5.41, 5.74) is 10.0. The Morgan fingerprint density at radius 3 is 2.50 bits per heavy atom. The van der Waals surface area contributed by atoms with Crippen molar-refractivity contribution in [2.24, 2.45) is 5.73 Å². The van der Waals surface area contributed by atoms with Gasteiger partial charge < -0.3 is 10.3 Å². The molecular formula is C15H20N2O. The average molecular weight is 244 g/mol. The van der Waals surface area contributed by atoms with Crippen molar-refractivity contribution < 1.29 is 4.52 Å². The third-order valence-electron chi connectivity index (χ3n) is 3.14. The van der Waals surface area contributed by atoms with Crippen LogP contribution in [-0.2, 0) is 12.0 Å². The van der Waals surface area contributed by atoms with Crippen molar-refractivity contribution in [3.8, 4) is 11.3 Å². The molecule has 0 aliphatic rings. The van der Waals surface area contributed by atoms with Gasteiger partial charge >= 0.3 is 0 Å². The van der Waals surface area contributed by atoms with Gasteiger partial charge in [-0.2, -0.15) is 0 Å². The number of hydrogen-bond acceptors (Lipinski definition) is 3. The first-order valence-electron chi connectivity index (χ1n) is 6.19. The van der Waals surface area contributed by atoms with E-state index in [4.69, 9.17) is 10.3 Å². The molecule has 0 aliphatic heterocycles. The van der Waals surface area contributed by atoms with Gasteiger partial charge in [0.2, 0.25) is 0 Å². The second kappa shape index (κ2) is 4.58. The number of hydrogen-bond donors (Lipinski definition) is 1. The zero-order valence-electron chi connectivity index (χ0n) is 11.4. The molecule has 1 aromatic carbocycles. The Hall–Kier alpha value is -1.61. The first-order chi connectivity index (χ1) is 8.41. The first kappa shape index (κ1) is 12.8. The van der Waals surface area contributed by atoms with Gasteiger partial charge in [0.1, 0.15) is 0 Å². The standard InChI is InChI=1S/C15H20N2O/c1-10-5-6-11(15(2,3)4)7-13(10)14-8-12(9-16)17-18-14/h5-8H,9,16H2,1-4H3. The summed E-state index contributed by atoms with van der Waals surface area (Å²) in [6.07, 6.45) is 0. The number of rotatable bonds is 2. The fraction of sp³-hybridized carbons (Fsp3) is 0.400. The van der Waals surface area contributed by atoms with Crippen LogP contribution in [0.4, 0.5) is 0 Å². The molecule has 0 saturated carbocycles. The van der Waals surface area contributed by atoms with Crippen LogP contribution in [-0.4, -0.2) is 5.16 Å². The van der Waals surface area contributed by atoms with Crippen LogP contribution in [0, 0.1) is 6.92 Å². The number of nitrogens with two attached hydrogens (primary N) is 1. The summed E-state index contributed by atoms with van der Waals surface area (Å²) in [5, 5.41) is 3.94. The van der Waals surface area contributed by atoms with Crippen LogP contribution in [0.25, 0.3) is 11.3 Å². The molecule has 0 radical (unpaired) electrons. The van der Waals surface area contributed by atoms with E-state index in [9.17, 15) is 0 Å². The highest BCUT2D eigenvalue weighted by Gasteiger charge is 2.16. The molecule has 96 valence electrons. The summed E-state index contributed by atoms with van der Waals surface area (Å²) in [7, 11) is 0. The molecule has 0 unspecified atom stereocenters. The Kier molecular flexibility index (Phi) is 3.26. The zero-order chi connectivity index (χ0) is 13.3. The van der Waals surface area contributed by atoms with Crippen molar-refractivity contribution in [1.82, 2.24) is 5.16 Å². The lowest BCUT2D eigenvalue weighted by molar-refractivity contribution is 0.423. The molecule has 0 aliphatic carbocycles. The summed E-state index contributed by atoms with van der Waals surface area (Å²) in [5.74, 6) is 0.791. The summed E-state index contributed by atoms with van der Waals surface area (Å²) in [6, 6.07) is 8.38. The summed E-state index contributed by atoms with van der Waals surface area (Å²) in [6.45, 7) is 9.08. The van der Waals surface area contributed by atoms with Gasteiger partial charge in [0.15, 0.2) is 5.76 Å². The van der Waals surface area contributed by atoms with E-state index in [1.54, 1.807) is 0 Å². The molecule has 0 spiro atoms. The van der Waals surface area contributed by atoms with Gasteiger partial charge in [0.05, 0.1) is 5.69 Å². The van der Waals surface area contributed by atoms with Gasteiger partial charge in [-0.05, 0) is 29.5 Å². The summed E-state index contributed by atoms with van der Waals surface area (Å²) in [4.78, 5) is 0. The molecule has 2 N–H and O–H groups in total. The Balaban J connectivity index is 2.49. The molecule has 3 nitrogen and oxygen atoms in total. The van der Waals surface area contributed by atoms with Crippen LogP contribution in [0.2, 0.25) is 0 Å². The number of benzene rings is 1. The first-order valence-corrected chi connectivity index (χ1v) is 6.19. The molecule has 0 saturated heterocycles. The number of nitrogens with zero attached hydrogens (tertiary/aromatic N) is 1. The molecule has 1 aromatic heterocycles. The van der Waals surface area contributed by atoms with E-state index in [1.165, 1.54) is 11.1 Å². The van der Waals surface area contributed by atoms with E-state index in [2.05, 4.69) is 51.1 Å². The van der Waals surface area contributed by atoms with Crippen LogP contribution < -0.4 is 5.73 Å². The molecule has 2 aromatic rings. The third kappa shape index (κ3) is 2.46. The third-order valence-corrected chi connectivity index (χ3v) is 3.14. The molecule has 18 heavy (non-hydrogen) atoms. The molecule has 3 heteroatoms. The van der Waals surface area contributed by atoms with Crippen molar-refractivity contribution in [2.75, 3.05) is 0 Å². The Bertz CT molecular complexity index is 550. The minimum absolute atomic E-state index is 0.124. The molecule has 0 fully saturated rings. The molecule has 2 rings (SSSR count). The van der Waals surface area contributed by atoms with E-state index in [1.807, 2.05) is 6.07 Å². The van der Waals surface area contributed by atoms with Crippen molar-refractivity contribution in [3.05, 3.63) is 41.1 Å². The quantitative estimate of drug-likeness (QED) is 0.880. The predicted octanol–water partition coefficient (Wildman–Crippen LogP) is 3.41. The maximum Gasteiger partial charge on any atom is 0.167 e. The predicted molar refractivity (Wildman–Crippen MR) is 73.3 cm³/mol. The highest BCUT2D eigenvalue weighted by atomic mass is 16.5. The van der Waals surface area contributed by atoms with E-state index >= 15 is 0 Å². The molecular weight excluding hydrogens is 224 g/mol. The smallest absolute Gasteiger partial charge is 0.167 e. The lowest BCUT2D eigenvalue weighted by Crippen LogP contribution is -2.11. The van der Waals surface area contributed by atoms with E-state index in [0.717, 1.165) is 17.0 Å². The number of aryl methyl sites for hydroxylation is 1. The molecule has 1 heterocycles. The highest BCUT2D eigenvalue weighted by molar-refractivity contribution is 5.63. The van der Waals surface area contributed by atoms with Crippen LogP contribution in [0.3, 0.4) is 0 Å². The second-order valence-corrected chi connectivity index (χ2v) is 5.67. The maximum absolute atomic E-state index is 5.56. The summed E-state index contributed by atoms with van der Waals surface area (Å²) < 4.78 is 5.36. The van der Waals surface area contributed by atoms with Crippen molar-refractivity contribution in [2.45, 2.75) is 39.7 Å². The minimum atomic E-state index is 0.124. The maximum atomic E-state index is 5.56. The Morgan fingerprint density at radius 1 is 1.22 bits per heavy atom. The van der Waals surface area contributed by atoms with Gasteiger partial charge in [0.25, 0.3) is 0 Å². The van der Waals surface area contributed by atoms with Crippen LogP contribution in [0.1, 0.15) is 37.6 Å². The Morgan fingerprint density at radius 2 is 1.94 bits per heavy atom. The normalized spacial score (nSPS) is 11.8. The zero-order valence-corrected chi connectivity index (χ0v) is 11.4. The van der Waals surface area contributed by atoms with E-state index in [0.29, 0.717) is 6.54 Å². The highest BCUT2D eigenvalue weighted by Crippen LogP contribution is 2.30. The largest absolute Gasteiger partial charge is 0.356 e. The minimum Gasteiger partial charge on any atom is -0.356 e. The topological polar surface area (TPSA) is 52.0 Å². The average Bonchev–Trinajstić information content (AvgIpc) is 2.76. The lowest BCUT2D eigenvalue weighted by Gasteiger charge is -2.20. The SMILES string of the molecule is Cc1ccc(C(C)(C)C)cc1-c1cc(CN)no1. The second-order valence-electron chi connectivity index (χ2n) is 5.67. The monoisotopic (exact) mass is 244 g/mol. The molecule has 0 atom stereocenters. The molecule has 0 bridgehead atoms. The van der Waals surface area contributed by atoms with Crippen LogP contribution in [0.15, 0.2) is 28.8 Å². The Labute approximate surface area is 108 Å². The van der Waals surface area contributed by atoms with E-state index in [-0.39, 0.29) is 5.41 Å². The fourth-order valence-electron chi connectivity index (χ4n) is 1.89. The van der Waals surface area contributed by atoms with Crippen molar-refractivity contribution in [3.63, 3.8) is 0 Å². The van der Waals surface area contributed by atoms with Gasteiger partial charge in [0, 0.05) is 18.2 Å². The van der Waals surface area contributed by atoms with Crippen LogP contribution >= 0.6 is 0 Å². The molecule has 0 amide bonds. The van der Waals surface area contributed by atoms with Gasteiger partial charge in [-0.25, -0.2) is 0 Å². The van der Waals surface area contributed by atoms with Gasteiger partial charge in [-0.15, -0.1) is 0 Å². The van der Waals surface area contributed by atoms with Crippen LogP contribution in [0.5, 0.6) is 0 Å². The summed E-state index contributed by atoms with van der Waals surface area (Å²) >= 11 is 0. The fourth-order valence-corrected chi connectivity index (χ4v) is 1.89. The van der Waals surface area contributed by atoms with Crippen molar-refractivity contribution >= 4 is 0 Å². The van der Waals surface area contributed by atoms with E-state index < -0.39 is 0 Å².